The number of fused-ring (bicyclic) bond motifs is 2. The summed E-state index contributed by atoms with van der Waals surface area (Å²) in [6.45, 7) is 3.74. The Hall–Kier alpha value is -1.96. The van der Waals surface area contributed by atoms with E-state index in [1.165, 1.54) is 0 Å². The summed E-state index contributed by atoms with van der Waals surface area (Å²) in [6.07, 6.45) is 8.51. The van der Waals surface area contributed by atoms with Crippen LogP contribution in [0.3, 0.4) is 0 Å². The van der Waals surface area contributed by atoms with E-state index in [1.54, 1.807) is 12.1 Å². The van der Waals surface area contributed by atoms with Crippen molar-refractivity contribution in [3.8, 4) is 0 Å². The second-order valence-electron chi connectivity index (χ2n) is 5.60. The quantitative estimate of drug-likeness (QED) is 0.779. The molecule has 3 rings (SSSR count). The minimum absolute atomic E-state index is 0.137. The van der Waals surface area contributed by atoms with Crippen molar-refractivity contribution >= 4 is 11.6 Å². The molecule has 3 atom stereocenters. The first-order valence-electron chi connectivity index (χ1n) is 7.19. The van der Waals surface area contributed by atoms with Crippen LogP contribution in [-0.4, -0.2) is 11.6 Å². The number of Topliss-reactive ketones (excluding diaryl/α,β-unsaturated/α-hetero) is 2. The van der Waals surface area contributed by atoms with Gasteiger partial charge in [-0.3, -0.25) is 9.59 Å². The van der Waals surface area contributed by atoms with Gasteiger partial charge >= 0.3 is 0 Å². The van der Waals surface area contributed by atoms with Crippen LogP contribution in [0.1, 0.15) is 40.0 Å². The van der Waals surface area contributed by atoms with Gasteiger partial charge in [0.05, 0.1) is 0 Å². The number of hydrogen-bond donors (Lipinski definition) is 0. The Labute approximate surface area is 119 Å². The molecule has 0 radical (unpaired) electrons. The van der Waals surface area contributed by atoms with E-state index in [9.17, 15) is 9.59 Å². The number of rotatable bonds is 3. The van der Waals surface area contributed by atoms with Gasteiger partial charge in [-0.2, -0.15) is 0 Å². The average molecular weight is 266 g/mol. The van der Waals surface area contributed by atoms with Crippen molar-refractivity contribution in [2.24, 2.45) is 17.8 Å². The molecule has 0 N–H and O–H groups in total. The van der Waals surface area contributed by atoms with Gasteiger partial charge in [0.1, 0.15) is 0 Å². The number of carbonyl (C=O) groups excluding carboxylic acids is 2. The molecule has 2 heteroatoms. The highest BCUT2D eigenvalue weighted by molar-refractivity contribution is 6.16. The lowest BCUT2D eigenvalue weighted by atomic mass is 9.64. The molecule has 0 amide bonds. The Bertz CT molecular complexity index is 597. The van der Waals surface area contributed by atoms with Crippen LogP contribution in [-0.2, 0) is 0 Å². The fourth-order valence-electron chi connectivity index (χ4n) is 3.49. The van der Waals surface area contributed by atoms with Gasteiger partial charge < -0.3 is 0 Å². The van der Waals surface area contributed by atoms with Crippen LogP contribution < -0.4 is 0 Å². The maximum Gasteiger partial charge on any atom is 0.168 e. The molecule has 1 aromatic rings. The maximum atomic E-state index is 12.8. The molecule has 2 nitrogen and oxygen atoms in total. The lowest BCUT2D eigenvalue weighted by Crippen LogP contribution is -2.41. The van der Waals surface area contributed by atoms with E-state index in [1.807, 2.05) is 18.2 Å². The van der Waals surface area contributed by atoms with Crippen molar-refractivity contribution in [3.05, 3.63) is 60.2 Å². The maximum absolute atomic E-state index is 12.8. The van der Waals surface area contributed by atoms with E-state index in [0.29, 0.717) is 17.5 Å². The predicted octanol–water partition coefficient (Wildman–Crippen LogP) is 3.84. The smallest absolute Gasteiger partial charge is 0.168 e. The third-order valence-corrected chi connectivity index (χ3v) is 4.47. The molecule has 102 valence electrons. The fraction of sp³-hybridized carbons (Fsp3) is 0.333. The molecule has 0 aromatic heterocycles. The molecule has 3 unspecified atom stereocenters. The van der Waals surface area contributed by atoms with Crippen molar-refractivity contribution in [2.45, 2.75) is 19.3 Å². The lowest BCUT2D eigenvalue weighted by Gasteiger charge is -2.36. The minimum Gasteiger partial charge on any atom is -0.294 e. The zero-order valence-electron chi connectivity index (χ0n) is 11.4. The predicted molar refractivity (Wildman–Crippen MR) is 78.8 cm³/mol. The topological polar surface area (TPSA) is 34.1 Å². The second-order valence-corrected chi connectivity index (χ2v) is 5.60. The summed E-state index contributed by atoms with van der Waals surface area (Å²) in [5, 5.41) is 0. The van der Waals surface area contributed by atoms with Gasteiger partial charge in [-0.1, -0.05) is 42.5 Å². The van der Waals surface area contributed by atoms with Crippen molar-refractivity contribution in [3.63, 3.8) is 0 Å². The fourth-order valence-corrected chi connectivity index (χ4v) is 3.49. The zero-order valence-corrected chi connectivity index (χ0v) is 11.4. The number of benzene rings is 1. The van der Waals surface area contributed by atoms with Gasteiger partial charge in [0, 0.05) is 23.0 Å². The van der Waals surface area contributed by atoms with Crippen LogP contribution in [0.25, 0.3) is 0 Å². The Morgan fingerprint density at radius 1 is 1.15 bits per heavy atom. The molecule has 20 heavy (non-hydrogen) atoms. The molecule has 1 aromatic carbocycles. The van der Waals surface area contributed by atoms with Crippen molar-refractivity contribution in [2.75, 3.05) is 0 Å². The standard InChI is InChI=1S/C18H18O2/c1-2-3-7-12-8-6-11-15-16(12)18(20)14-10-5-4-9-13(14)17(15)19/h2,4-6,8-10,12,15-16H,1,3,7,11H2. The summed E-state index contributed by atoms with van der Waals surface area (Å²) in [6, 6.07) is 7.23. The van der Waals surface area contributed by atoms with E-state index >= 15 is 0 Å². The largest absolute Gasteiger partial charge is 0.294 e. The van der Waals surface area contributed by atoms with Crippen LogP contribution in [0, 0.1) is 17.8 Å². The third-order valence-electron chi connectivity index (χ3n) is 4.47. The van der Waals surface area contributed by atoms with Crippen LogP contribution in [0.5, 0.6) is 0 Å². The van der Waals surface area contributed by atoms with Crippen LogP contribution >= 0.6 is 0 Å². The van der Waals surface area contributed by atoms with Gasteiger partial charge in [-0.15, -0.1) is 6.58 Å². The van der Waals surface area contributed by atoms with Gasteiger partial charge in [0.2, 0.25) is 0 Å². The molecular formula is C18H18O2. The van der Waals surface area contributed by atoms with Gasteiger partial charge in [-0.05, 0) is 25.2 Å². The van der Waals surface area contributed by atoms with E-state index in [2.05, 4.69) is 18.7 Å². The molecule has 2 aliphatic rings. The average Bonchev–Trinajstić information content (AvgIpc) is 2.50. The summed E-state index contributed by atoms with van der Waals surface area (Å²) in [4.78, 5) is 25.4. The van der Waals surface area contributed by atoms with Crippen molar-refractivity contribution < 1.29 is 9.59 Å². The van der Waals surface area contributed by atoms with E-state index in [-0.39, 0.29) is 29.3 Å². The van der Waals surface area contributed by atoms with Crippen LogP contribution in [0.15, 0.2) is 49.1 Å². The summed E-state index contributed by atoms with van der Waals surface area (Å²) in [5.41, 5.74) is 1.22. The van der Waals surface area contributed by atoms with E-state index in [0.717, 1.165) is 12.8 Å². The van der Waals surface area contributed by atoms with Crippen molar-refractivity contribution in [1.82, 2.24) is 0 Å². The van der Waals surface area contributed by atoms with Gasteiger partial charge in [-0.25, -0.2) is 0 Å². The van der Waals surface area contributed by atoms with E-state index < -0.39 is 0 Å². The number of carbonyl (C=O) groups is 2. The first kappa shape index (κ1) is 13.0. The lowest BCUT2D eigenvalue weighted by molar-refractivity contribution is 0.0674. The summed E-state index contributed by atoms with van der Waals surface area (Å²) < 4.78 is 0. The monoisotopic (exact) mass is 266 g/mol. The third kappa shape index (κ3) is 1.96. The number of hydrogen-bond acceptors (Lipinski definition) is 2. The van der Waals surface area contributed by atoms with E-state index in [4.69, 9.17) is 0 Å². The first-order valence-corrected chi connectivity index (χ1v) is 7.19. The van der Waals surface area contributed by atoms with Crippen LogP contribution in [0.4, 0.5) is 0 Å². The minimum atomic E-state index is -0.178. The Kier molecular flexibility index (Phi) is 3.39. The molecule has 0 saturated carbocycles. The van der Waals surface area contributed by atoms with Gasteiger partial charge in [0.15, 0.2) is 11.6 Å². The molecule has 0 saturated heterocycles. The molecule has 0 spiro atoms. The molecule has 0 aliphatic heterocycles. The normalized spacial score (nSPS) is 27.9. The Morgan fingerprint density at radius 2 is 1.85 bits per heavy atom. The first-order chi connectivity index (χ1) is 9.74. The number of allylic oxidation sites excluding steroid dienone is 3. The van der Waals surface area contributed by atoms with Crippen molar-refractivity contribution in [1.29, 1.82) is 0 Å². The zero-order chi connectivity index (χ0) is 14.1. The SMILES string of the molecule is C=CCCC1C=CCC2C(=O)c3ccccc3C(=O)C12. The molecule has 2 aliphatic carbocycles. The molecule has 0 bridgehead atoms. The molecular weight excluding hydrogens is 248 g/mol. The highest BCUT2D eigenvalue weighted by atomic mass is 16.1. The van der Waals surface area contributed by atoms with Crippen LogP contribution in [0.2, 0.25) is 0 Å². The summed E-state index contributed by atoms with van der Waals surface area (Å²) in [5.74, 6) is 0.0953. The highest BCUT2D eigenvalue weighted by Gasteiger charge is 2.44. The van der Waals surface area contributed by atoms with Gasteiger partial charge in [0.25, 0.3) is 0 Å². The highest BCUT2D eigenvalue weighted by Crippen LogP contribution is 2.41. The molecule has 0 fully saturated rings. The molecule has 0 heterocycles. The Balaban J connectivity index is 2.01. The summed E-state index contributed by atoms with van der Waals surface area (Å²) >= 11 is 0. The summed E-state index contributed by atoms with van der Waals surface area (Å²) in [7, 11) is 0. The second kappa shape index (κ2) is 5.20. The Morgan fingerprint density at radius 3 is 2.55 bits per heavy atom. The number of ketones is 2.